The highest BCUT2D eigenvalue weighted by atomic mass is 32.1. The fourth-order valence-corrected chi connectivity index (χ4v) is 3.30. The summed E-state index contributed by atoms with van der Waals surface area (Å²) in [5.41, 5.74) is 5.47. The average Bonchev–Trinajstić information content (AvgIpc) is 3.07. The molecule has 2 aliphatic heterocycles. The van der Waals surface area contributed by atoms with Crippen LogP contribution >= 0.6 is 12.2 Å². The van der Waals surface area contributed by atoms with Crippen LogP contribution in [0.2, 0.25) is 0 Å². The number of anilines is 1. The molecule has 0 aromatic heterocycles. The lowest BCUT2D eigenvalue weighted by molar-refractivity contribution is -0.0444. The first kappa shape index (κ1) is 16.6. The van der Waals surface area contributed by atoms with E-state index in [2.05, 4.69) is 30.2 Å². The summed E-state index contributed by atoms with van der Waals surface area (Å²) < 4.78 is 17.3. The Kier molecular flexibility index (Phi) is 5.13. The topological polar surface area (TPSA) is 69.0 Å². The van der Waals surface area contributed by atoms with Crippen molar-refractivity contribution in [2.24, 2.45) is 5.84 Å². The van der Waals surface area contributed by atoms with E-state index >= 15 is 0 Å². The molecule has 0 amide bonds. The van der Waals surface area contributed by atoms with Gasteiger partial charge in [0, 0.05) is 29.9 Å². The van der Waals surface area contributed by atoms with Gasteiger partial charge in [-0.25, -0.2) is 5.84 Å². The zero-order chi connectivity index (χ0) is 16.4. The molecule has 2 heterocycles. The quantitative estimate of drug-likeness (QED) is 0.492. The second-order valence-corrected chi connectivity index (χ2v) is 6.39. The third-order valence-electron chi connectivity index (χ3n) is 4.06. The highest BCUT2D eigenvalue weighted by Crippen LogP contribution is 2.34. The van der Waals surface area contributed by atoms with E-state index in [1.165, 1.54) is 0 Å². The number of hydrazine groups is 1. The van der Waals surface area contributed by atoms with Crippen LogP contribution in [0.4, 0.5) is 5.69 Å². The van der Waals surface area contributed by atoms with Gasteiger partial charge in [-0.2, -0.15) is 0 Å². The molecule has 1 aromatic rings. The molecule has 2 unspecified atom stereocenters. The molecule has 3 N–H and O–H groups in total. The van der Waals surface area contributed by atoms with Crippen LogP contribution in [0.5, 0.6) is 0 Å². The van der Waals surface area contributed by atoms with Crippen molar-refractivity contribution in [3.63, 3.8) is 0 Å². The first-order chi connectivity index (χ1) is 11.1. The van der Waals surface area contributed by atoms with Crippen molar-refractivity contribution in [2.75, 3.05) is 31.2 Å². The summed E-state index contributed by atoms with van der Waals surface area (Å²) in [5, 5.41) is 0. The minimum absolute atomic E-state index is 0.184. The van der Waals surface area contributed by atoms with Crippen molar-refractivity contribution in [3.05, 3.63) is 29.3 Å². The zero-order valence-electron chi connectivity index (χ0n) is 13.5. The molecule has 23 heavy (non-hydrogen) atoms. The SMILES string of the molecule is CC1CN(c2ccc(C(=S)NN)cc2C2OCCO2)CC(C)O1. The lowest BCUT2D eigenvalue weighted by atomic mass is 10.1. The van der Waals surface area contributed by atoms with E-state index in [0.717, 1.165) is 29.9 Å². The summed E-state index contributed by atoms with van der Waals surface area (Å²) in [6.45, 7) is 7.05. The van der Waals surface area contributed by atoms with E-state index in [9.17, 15) is 0 Å². The Labute approximate surface area is 141 Å². The maximum Gasteiger partial charge on any atom is 0.186 e. The van der Waals surface area contributed by atoms with Crippen LogP contribution in [0.1, 0.15) is 31.3 Å². The summed E-state index contributed by atoms with van der Waals surface area (Å²) in [5.74, 6) is 5.44. The third-order valence-corrected chi connectivity index (χ3v) is 4.41. The summed E-state index contributed by atoms with van der Waals surface area (Å²) >= 11 is 5.24. The number of nitrogens with one attached hydrogen (secondary N) is 1. The monoisotopic (exact) mass is 337 g/mol. The number of nitrogens with two attached hydrogens (primary N) is 1. The summed E-state index contributed by atoms with van der Waals surface area (Å²) in [4.78, 5) is 2.82. The van der Waals surface area contributed by atoms with Crippen LogP contribution in [0.25, 0.3) is 0 Å². The van der Waals surface area contributed by atoms with Crippen molar-refractivity contribution in [1.29, 1.82) is 0 Å². The number of hydrogen-bond acceptors (Lipinski definition) is 6. The highest BCUT2D eigenvalue weighted by molar-refractivity contribution is 7.80. The van der Waals surface area contributed by atoms with Gasteiger partial charge in [0.1, 0.15) is 4.99 Å². The van der Waals surface area contributed by atoms with Gasteiger partial charge in [0.15, 0.2) is 6.29 Å². The van der Waals surface area contributed by atoms with Crippen LogP contribution < -0.4 is 16.2 Å². The molecular formula is C16H23N3O3S. The van der Waals surface area contributed by atoms with Crippen LogP contribution in [0.3, 0.4) is 0 Å². The number of nitrogens with zero attached hydrogens (tertiary/aromatic N) is 1. The van der Waals surface area contributed by atoms with Crippen LogP contribution in [-0.2, 0) is 14.2 Å². The lowest BCUT2D eigenvalue weighted by Gasteiger charge is -2.38. The van der Waals surface area contributed by atoms with Gasteiger partial charge in [-0.15, -0.1) is 0 Å². The molecule has 2 aliphatic rings. The predicted molar refractivity (Wildman–Crippen MR) is 92.3 cm³/mol. The molecule has 0 radical (unpaired) electrons. The lowest BCUT2D eigenvalue weighted by Crippen LogP contribution is -2.46. The Morgan fingerprint density at radius 3 is 2.48 bits per heavy atom. The Morgan fingerprint density at radius 2 is 1.87 bits per heavy atom. The standard InChI is InChI=1S/C16H23N3O3S/c1-10-8-19(9-11(2)22-10)14-4-3-12(15(23)18-17)7-13(14)16-20-5-6-21-16/h3-4,7,10-11,16H,5-6,8-9,17H2,1-2H3,(H,18,23). The minimum Gasteiger partial charge on any atom is -0.372 e. The molecule has 2 saturated heterocycles. The minimum atomic E-state index is -0.362. The molecule has 2 fully saturated rings. The van der Waals surface area contributed by atoms with E-state index in [1.807, 2.05) is 12.1 Å². The second kappa shape index (κ2) is 7.11. The van der Waals surface area contributed by atoms with Crippen LogP contribution in [-0.4, -0.2) is 43.5 Å². The molecule has 0 spiro atoms. The number of hydrogen-bond donors (Lipinski definition) is 2. The van der Waals surface area contributed by atoms with Crippen molar-refractivity contribution >= 4 is 22.9 Å². The number of benzene rings is 1. The average molecular weight is 337 g/mol. The van der Waals surface area contributed by atoms with Gasteiger partial charge < -0.3 is 24.5 Å². The zero-order valence-corrected chi connectivity index (χ0v) is 14.3. The van der Waals surface area contributed by atoms with Crippen LogP contribution in [0.15, 0.2) is 18.2 Å². The van der Waals surface area contributed by atoms with Gasteiger partial charge >= 0.3 is 0 Å². The molecule has 7 heteroatoms. The molecule has 1 aromatic carbocycles. The van der Waals surface area contributed by atoms with E-state index in [1.54, 1.807) is 0 Å². The molecule has 0 saturated carbocycles. The first-order valence-electron chi connectivity index (χ1n) is 7.87. The molecule has 6 nitrogen and oxygen atoms in total. The molecule has 0 bridgehead atoms. The maximum atomic E-state index is 5.83. The first-order valence-corrected chi connectivity index (χ1v) is 8.28. The van der Waals surface area contributed by atoms with Gasteiger partial charge in [-0.1, -0.05) is 12.2 Å². The largest absolute Gasteiger partial charge is 0.372 e. The van der Waals surface area contributed by atoms with E-state index in [4.69, 9.17) is 32.3 Å². The normalized spacial score (nSPS) is 25.6. The number of ether oxygens (including phenoxy) is 3. The van der Waals surface area contributed by atoms with E-state index in [-0.39, 0.29) is 18.5 Å². The Balaban J connectivity index is 1.96. The Bertz CT molecular complexity index is 568. The van der Waals surface area contributed by atoms with Crippen LogP contribution in [0, 0.1) is 0 Å². The molecule has 0 aliphatic carbocycles. The van der Waals surface area contributed by atoms with Gasteiger partial charge in [-0.05, 0) is 32.0 Å². The van der Waals surface area contributed by atoms with Gasteiger partial charge in [-0.3, -0.25) is 0 Å². The maximum absolute atomic E-state index is 5.83. The van der Waals surface area contributed by atoms with E-state index in [0.29, 0.717) is 18.2 Å². The van der Waals surface area contributed by atoms with Crippen molar-refractivity contribution < 1.29 is 14.2 Å². The predicted octanol–water partition coefficient (Wildman–Crippen LogP) is 1.48. The van der Waals surface area contributed by atoms with Gasteiger partial charge in [0.25, 0.3) is 0 Å². The van der Waals surface area contributed by atoms with Crippen molar-refractivity contribution in [2.45, 2.75) is 32.3 Å². The fraction of sp³-hybridized carbons (Fsp3) is 0.562. The number of thiocarbonyl (C=S) groups is 1. The second-order valence-electron chi connectivity index (χ2n) is 5.98. The molecule has 2 atom stereocenters. The summed E-state index contributed by atoms with van der Waals surface area (Å²) in [6.07, 6.45) is 0.00549. The van der Waals surface area contributed by atoms with Gasteiger partial charge in [0.2, 0.25) is 0 Å². The van der Waals surface area contributed by atoms with E-state index < -0.39 is 0 Å². The highest BCUT2D eigenvalue weighted by Gasteiger charge is 2.28. The Hall–Kier alpha value is -1.25. The Morgan fingerprint density at radius 1 is 1.22 bits per heavy atom. The fourth-order valence-electron chi connectivity index (χ4n) is 3.17. The smallest absolute Gasteiger partial charge is 0.186 e. The van der Waals surface area contributed by atoms with Crippen molar-refractivity contribution in [3.8, 4) is 0 Å². The molecule has 3 rings (SSSR count). The molecule has 126 valence electrons. The third kappa shape index (κ3) is 3.64. The van der Waals surface area contributed by atoms with Gasteiger partial charge in [0.05, 0.1) is 25.4 Å². The summed E-state index contributed by atoms with van der Waals surface area (Å²) in [6, 6.07) is 6.03. The number of rotatable bonds is 3. The number of morpholine rings is 1. The summed E-state index contributed by atoms with van der Waals surface area (Å²) in [7, 11) is 0. The molecular weight excluding hydrogens is 314 g/mol. The van der Waals surface area contributed by atoms with Crippen molar-refractivity contribution in [1.82, 2.24) is 5.43 Å².